The number of nitrogens with one attached hydrogen (secondary N) is 1. The highest BCUT2D eigenvalue weighted by molar-refractivity contribution is 5.94. The third-order valence-electron chi connectivity index (χ3n) is 3.33. The zero-order valence-electron chi connectivity index (χ0n) is 9.47. The molecule has 1 aliphatic rings. The first-order valence-corrected chi connectivity index (χ1v) is 5.90. The second kappa shape index (κ2) is 4.16. The maximum atomic E-state index is 11.9. The summed E-state index contributed by atoms with van der Waals surface area (Å²) < 4.78 is 1.75. The Morgan fingerprint density at radius 3 is 3.12 bits per heavy atom. The summed E-state index contributed by atoms with van der Waals surface area (Å²) in [4.78, 5) is 11.9. The van der Waals surface area contributed by atoms with Gasteiger partial charge in [-0.05, 0) is 30.9 Å². The molecule has 1 N–H and O–H groups in total. The summed E-state index contributed by atoms with van der Waals surface area (Å²) in [7, 11) is 0. The van der Waals surface area contributed by atoms with Gasteiger partial charge in [0, 0.05) is 12.7 Å². The van der Waals surface area contributed by atoms with Gasteiger partial charge in [0.05, 0.1) is 5.56 Å². The molecule has 1 aliphatic carbocycles. The van der Waals surface area contributed by atoms with E-state index in [0.717, 1.165) is 12.2 Å². The number of carbonyl (C=O) groups excluding carboxylic acids is 1. The Morgan fingerprint density at radius 1 is 1.47 bits per heavy atom. The summed E-state index contributed by atoms with van der Waals surface area (Å²) in [5, 5.41) is 10.6. The van der Waals surface area contributed by atoms with Crippen molar-refractivity contribution in [2.45, 2.75) is 19.3 Å². The molecule has 0 saturated heterocycles. The van der Waals surface area contributed by atoms with Gasteiger partial charge in [-0.15, -0.1) is 10.2 Å². The Bertz CT molecular complexity index is 544. The van der Waals surface area contributed by atoms with Crippen molar-refractivity contribution in [1.29, 1.82) is 0 Å². The van der Waals surface area contributed by atoms with Gasteiger partial charge in [-0.25, -0.2) is 0 Å². The molecule has 0 atom stereocenters. The van der Waals surface area contributed by atoms with Gasteiger partial charge < -0.3 is 5.32 Å². The van der Waals surface area contributed by atoms with Crippen LogP contribution in [0.2, 0.25) is 0 Å². The minimum absolute atomic E-state index is 0.0208. The molecule has 0 aliphatic heterocycles. The molecule has 0 unspecified atom stereocenters. The average molecular weight is 230 g/mol. The van der Waals surface area contributed by atoms with Gasteiger partial charge in [0.25, 0.3) is 5.91 Å². The molecule has 1 amide bonds. The molecule has 0 bridgehead atoms. The van der Waals surface area contributed by atoms with E-state index in [9.17, 15) is 4.79 Å². The van der Waals surface area contributed by atoms with E-state index in [4.69, 9.17) is 0 Å². The van der Waals surface area contributed by atoms with Gasteiger partial charge in [0.2, 0.25) is 0 Å². The first-order chi connectivity index (χ1) is 8.33. The SMILES string of the molecule is O=C(NCC1CCC1)c1ccc2nncn2c1. The van der Waals surface area contributed by atoms with E-state index >= 15 is 0 Å². The number of nitrogens with zero attached hydrogens (tertiary/aromatic N) is 3. The van der Waals surface area contributed by atoms with Crippen molar-refractivity contribution in [3.05, 3.63) is 30.2 Å². The van der Waals surface area contributed by atoms with Crippen LogP contribution >= 0.6 is 0 Å². The van der Waals surface area contributed by atoms with E-state index < -0.39 is 0 Å². The van der Waals surface area contributed by atoms with E-state index in [1.165, 1.54) is 19.3 Å². The Morgan fingerprint density at radius 2 is 2.35 bits per heavy atom. The first-order valence-electron chi connectivity index (χ1n) is 5.90. The van der Waals surface area contributed by atoms with Crippen molar-refractivity contribution in [2.75, 3.05) is 6.54 Å². The molecular formula is C12H14N4O. The summed E-state index contributed by atoms with van der Waals surface area (Å²) in [6, 6.07) is 3.57. The fourth-order valence-corrected chi connectivity index (χ4v) is 2.00. The average Bonchev–Trinajstić information content (AvgIpc) is 2.73. The summed E-state index contributed by atoms with van der Waals surface area (Å²) in [6.07, 6.45) is 7.13. The molecule has 88 valence electrons. The largest absolute Gasteiger partial charge is 0.352 e. The van der Waals surface area contributed by atoms with Gasteiger partial charge >= 0.3 is 0 Å². The summed E-state index contributed by atoms with van der Waals surface area (Å²) >= 11 is 0. The zero-order chi connectivity index (χ0) is 11.7. The van der Waals surface area contributed by atoms with Crippen LogP contribution in [0.4, 0.5) is 0 Å². The van der Waals surface area contributed by atoms with Crippen LogP contribution in [0, 0.1) is 5.92 Å². The fourth-order valence-electron chi connectivity index (χ4n) is 2.00. The topological polar surface area (TPSA) is 59.3 Å². The highest BCUT2D eigenvalue weighted by Crippen LogP contribution is 2.25. The van der Waals surface area contributed by atoms with Crippen LogP contribution in [0.1, 0.15) is 29.6 Å². The zero-order valence-corrected chi connectivity index (χ0v) is 9.47. The van der Waals surface area contributed by atoms with Gasteiger partial charge in [-0.2, -0.15) is 0 Å². The number of amides is 1. The second-order valence-electron chi connectivity index (χ2n) is 4.52. The number of pyridine rings is 1. The fraction of sp³-hybridized carbons (Fsp3) is 0.417. The minimum atomic E-state index is -0.0208. The van der Waals surface area contributed by atoms with Gasteiger partial charge in [0.1, 0.15) is 6.33 Å². The molecule has 5 heteroatoms. The van der Waals surface area contributed by atoms with Crippen molar-refractivity contribution in [2.24, 2.45) is 5.92 Å². The number of aromatic nitrogens is 3. The van der Waals surface area contributed by atoms with E-state index in [2.05, 4.69) is 15.5 Å². The highest BCUT2D eigenvalue weighted by atomic mass is 16.1. The van der Waals surface area contributed by atoms with Crippen LogP contribution in [0.15, 0.2) is 24.7 Å². The van der Waals surface area contributed by atoms with E-state index in [1.54, 1.807) is 29.1 Å². The van der Waals surface area contributed by atoms with Gasteiger partial charge in [-0.1, -0.05) is 6.42 Å². The van der Waals surface area contributed by atoms with E-state index in [0.29, 0.717) is 11.5 Å². The number of rotatable bonds is 3. The standard InChI is InChI=1S/C12H14N4O/c17-12(13-6-9-2-1-3-9)10-4-5-11-15-14-8-16(11)7-10/h4-5,7-9H,1-3,6H2,(H,13,17). The summed E-state index contributed by atoms with van der Waals surface area (Å²) in [5.41, 5.74) is 1.40. The molecule has 17 heavy (non-hydrogen) atoms. The van der Waals surface area contributed by atoms with Gasteiger partial charge in [0.15, 0.2) is 5.65 Å². The maximum Gasteiger partial charge on any atom is 0.252 e. The third-order valence-corrected chi connectivity index (χ3v) is 3.33. The molecule has 1 fully saturated rings. The molecular weight excluding hydrogens is 216 g/mol. The lowest BCUT2D eigenvalue weighted by molar-refractivity contribution is 0.0938. The highest BCUT2D eigenvalue weighted by Gasteiger charge is 2.18. The molecule has 2 heterocycles. The van der Waals surface area contributed by atoms with E-state index in [-0.39, 0.29) is 5.91 Å². The molecule has 2 aromatic rings. The van der Waals surface area contributed by atoms with Crippen molar-refractivity contribution in [1.82, 2.24) is 19.9 Å². The molecule has 0 spiro atoms. The quantitative estimate of drug-likeness (QED) is 0.863. The van der Waals surface area contributed by atoms with Crippen molar-refractivity contribution in [3.8, 4) is 0 Å². The number of hydrogen-bond acceptors (Lipinski definition) is 3. The molecule has 5 nitrogen and oxygen atoms in total. The van der Waals surface area contributed by atoms with Crippen LogP contribution in [-0.4, -0.2) is 27.0 Å². The van der Waals surface area contributed by atoms with Crippen LogP contribution in [0.25, 0.3) is 5.65 Å². The molecule has 2 aromatic heterocycles. The Kier molecular flexibility index (Phi) is 2.51. The molecule has 0 aromatic carbocycles. The van der Waals surface area contributed by atoms with E-state index in [1.807, 2.05) is 0 Å². The first kappa shape index (κ1) is 10.3. The van der Waals surface area contributed by atoms with Crippen LogP contribution < -0.4 is 5.32 Å². The van der Waals surface area contributed by atoms with Crippen LogP contribution in [0.3, 0.4) is 0 Å². The number of carbonyl (C=O) groups is 1. The van der Waals surface area contributed by atoms with Gasteiger partial charge in [-0.3, -0.25) is 9.20 Å². The normalized spacial score (nSPS) is 15.8. The van der Waals surface area contributed by atoms with Crippen molar-refractivity contribution >= 4 is 11.6 Å². The number of fused-ring (bicyclic) bond motifs is 1. The van der Waals surface area contributed by atoms with Crippen molar-refractivity contribution < 1.29 is 4.79 Å². The van der Waals surface area contributed by atoms with Crippen LogP contribution in [-0.2, 0) is 0 Å². The Hall–Kier alpha value is -1.91. The van der Waals surface area contributed by atoms with Crippen LogP contribution in [0.5, 0.6) is 0 Å². The second-order valence-corrected chi connectivity index (χ2v) is 4.52. The maximum absolute atomic E-state index is 11.9. The Labute approximate surface area is 98.9 Å². The predicted octanol–water partition coefficient (Wildman–Crippen LogP) is 1.26. The lowest BCUT2D eigenvalue weighted by atomic mass is 9.85. The smallest absolute Gasteiger partial charge is 0.252 e. The molecule has 0 radical (unpaired) electrons. The predicted molar refractivity (Wildman–Crippen MR) is 62.7 cm³/mol. The third kappa shape index (κ3) is 2.00. The monoisotopic (exact) mass is 230 g/mol. The van der Waals surface area contributed by atoms with Crippen molar-refractivity contribution in [3.63, 3.8) is 0 Å². The minimum Gasteiger partial charge on any atom is -0.352 e. The lowest BCUT2D eigenvalue weighted by Crippen LogP contribution is -2.32. The summed E-state index contributed by atoms with van der Waals surface area (Å²) in [6.45, 7) is 0.791. The Balaban J connectivity index is 1.70. The number of hydrogen-bond donors (Lipinski definition) is 1. The molecule has 1 saturated carbocycles. The molecule has 3 rings (SSSR count). The summed E-state index contributed by atoms with van der Waals surface area (Å²) in [5.74, 6) is 0.657. The lowest BCUT2D eigenvalue weighted by Gasteiger charge is -2.25.